The fourth-order valence-electron chi connectivity index (χ4n) is 4.29. The summed E-state index contributed by atoms with van der Waals surface area (Å²) in [6, 6.07) is 1.53. The number of nitrogens with two attached hydrogens (primary N) is 1. The van der Waals surface area contributed by atoms with E-state index in [-0.39, 0.29) is 11.8 Å². The molecule has 0 spiro atoms. The largest absolute Gasteiger partial charge is 0.368 e. The summed E-state index contributed by atoms with van der Waals surface area (Å²) in [5.74, 6) is -0.365. The molecule has 4 rings (SSSR count). The number of rotatable bonds is 4. The second-order valence-electron chi connectivity index (χ2n) is 7.68. The second kappa shape index (κ2) is 7.61. The number of carbonyl (C=O) groups excluding carboxylic acids is 2. The Morgan fingerprint density at radius 2 is 1.89 bits per heavy atom. The first-order valence-corrected chi connectivity index (χ1v) is 9.85. The van der Waals surface area contributed by atoms with Crippen LogP contribution in [0.1, 0.15) is 31.2 Å². The van der Waals surface area contributed by atoms with Crippen molar-refractivity contribution in [2.24, 2.45) is 11.7 Å². The van der Waals surface area contributed by atoms with E-state index < -0.39 is 11.9 Å². The van der Waals surface area contributed by atoms with Crippen molar-refractivity contribution >= 4 is 17.5 Å². The Hall–Kier alpha value is -2.90. The van der Waals surface area contributed by atoms with Gasteiger partial charge in [-0.3, -0.25) is 14.6 Å². The summed E-state index contributed by atoms with van der Waals surface area (Å²) in [6.07, 6.45) is 10.5. The molecule has 2 aliphatic rings. The van der Waals surface area contributed by atoms with Crippen LogP contribution in [-0.4, -0.2) is 57.2 Å². The fourth-order valence-corrected chi connectivity index (χ4v) is 4.29. The molecule has 2 aliphatic heterocycles. The molecular formula is C20H26N6O2. The molecule has 2 aromatic rings. The smallest absolute Gasteiger partial charge is 0.240 e. The van der Waals surface area contributed by atoms with Crippen LogP contribution in [0.4, 0.5) is 5.69 Å². The predicted octanol–water partition coefficient (Wildman–Crippen LogP) is 1.27. The van der Waals surface area contributed by atoms with Gasteiger partial charge < -0.3 is 15.5 Å². The van der Waals surface area contributed by atoms with Gasteiger partial charge >= 0.3 is 0 Å². The van der Waals surface area contributed by atoms with E-state index in [2.05, 4.69) is 15.0 Å². The van der Waals surface area contributed by atoms with Crippen molar-refractivity contribution in [1.82, 2.24) is 19.7 Å². The van der Waals surface area contributed by atoms with Crippen LogP contribution in [0.25, 0.3) is 5.69 Å². The van der Waals surface area contributed by atoms with Crippen molar-refractivity contribution in [1.29, 1.82) is 0 Å². The van der Waals surface area contributed by atoms with Gasteiger partial charge in [0.05, 0.1) is 23.8 Å². The van der Waals surface area contributed by atoms with E-state index in [1.54, 1.807) is 11.1 Å². The number of piperidine rings is 1. The number of hydrogen-bond acceptors (Lipinski definition) is 5. The molecule has 148 valence electrons. The molecule has 8 heteroatoms. The van der Waals surface area contributed by atoms with Crippen LogP contribution >= 0.6 is 0 Å². The Morgan fingerprint density at radius 3 is 2.57 bits per heavy atom. The first kappa shape index (κ1) is 18.5. The SMILES string of the molecule is Cc1cnn(-c2ccncc2N2CCC(C(=O)N3CCC[C@H]3C(N)=O)CC2)c1. The van der Waals surface area contributed by atoms with Crippen LogP contribution < -0.4 is 10.6 Å². The topological polar surface area (TPSA) is 97.3 Å². The molecular weight excluding hydrogens is 356 g/mol. The number of anilines is 1. The van der Waals surface area contributed by atoms with E-state index in [1.807, 2.05) is 36.3 Å². The summed E-state index contributed by atoms with van der Waals surface area (Å²) < 4.78 is 1.87. The van der Waals surface area contributed by atoms with Crippen molar-refractivity contribution in [3.63, 3.8) is 0 Å². The number of hydrogen-bond donors (Lipinski definition) is 1. The molecule has 2 saturated heterocycles. The van der Waals surface area contributed by atoms with Gasteiger partial charge in [-0.25, -0.2) is 4.68 Å². The van der Waals surface area contributed by atoms with Crippen molar-refractivity contribution in [2.75, 3.05) is 24.5 Å². The van der Waals surface area contributed by atoms with E-state index in [1.165, 1.54) is 0 Å². The van der Waals surface area contributed by atoms with Gasteiger partial charge in [0.15, 0.2) is 0 Å². The number of carbonyl (C=O) groups is 2. The molecule has 0 radical (unpaired) electrons. The molecule has 8 nitrogen and oxygen atoms in total. The Kier molecular flexibility index (Phi) is 5.02. The number of primary amides is 1. The van der Waals surface area contributed by atoms with Gasteiger partial charge in [-0.05, 0) is 44.2 Å². The molecule has 0 aromatic carbocycles. The molecule has 4 heterocycles. The van der Waals surface area contributed by atoms with Crippen molar-refractivity contribution in [3.05, 3.63) is 36.4 Å². The summed E-state index contributed by atoms with van der Waals surface area (Å²) in [4.78, 5) is 32.8. The maximum Gasteiger partial charge on any atom is 0.240 e. The van der Waals surface area contributed by atoms with Gasteiger partial charge in [0.2, 0.25) is 11.8 Å². The number of likely N-dealkylation sites (tertiary alicyclic amines) is 1. The standard InChI is InChI=1S/C20H26N6O2/c1-14-11-23-26(13-14)16-4-7-22-12-18(16)24-9-5-15(6-10-24)20(28)25-8-2-3-17(25)19(21)27/h4,7,11-13,15,17H,2-3,5-6,8-10H2,1H3,(H2,21,27)/t17-/m0/s1. The van der Waals surface area contributed by atoms with Crippen LogP contribution in [0.5, 0.6) is 0 Å². The first-order chi connectivity index (χ1) is 13.5. The Bertz CT molecular complexity index is 871. The van der Waals surface area contributed by atoms with Gasteiger partial charge in [-0.2, -0.15) is 5.10 Å². The molecule has 1 atom stereocenters. The lowest BCUT2D eigenvalue weighted by Crippen LogP contribution is -2.48. The summed E-state index contributed by atoms with van der Waals surface area (Å²) in [5, 5.41) is 4.42. The molecule has 2 aromatic heterocycles. The molecule has 0 bridgehead atoms. The Morgan fingerprint density at radius 1 is 1.11 bits per heavy atom. The Labute approximate surface area is 164 Å². The summed E-state index contributed by atoms with van der Waals surface area (Å²) in [5.41, 5.74) is 8.58. The van der Waals surface area contributed by atoms with E-state index in [0.29, 0.717) is 13.0 Å². The van der Waals surface area contributed by atoms with E-state index in [4.69, 9.17) is 5.73 Å². The molecule has 2 amide bonds. The summed E-state index contributed by atoms with van der Waals surface area (Å²) >= 11 is 0. The molecule has 2 N–H and O–H groups in total. The van der Waals surface area contributed by atoms with Crippen LogP contribution in [0.3, 0.4) is 0 Å². The molecule has 0 unspecified atom stereocenters. The van der Waals surface area contributed by atoms with Gasteiger partial charge in [0, 0.05) is 37.9 Å². The van der Waals surface area contributed by atoms with E-state index in [0.717, 1.165) is 49.3 Å². The summed E-state index contributed by atoms with van der Waals surface area (Å²) in [7, 11) is 0. The highest BCUT2D eigenvalue weighted by atomic mass is 16.2. The highest BCUT2D eigenvalue weighted by molar-refractivity contribution is 5.88. The van der Waals surface area contributed by atoms with Crippen LogP contribution in [0, 0.1) is 12.8 Å². The maximum absolute atomic E-state index is 12.9. The minimum atomic E-state index is -0.432. The van der Waals surface area contributed by atoms with Crippen LogP contribution in [0.2, 0.25) is 0 Å². The third-order valence-corrected chi connectivity index (χ3v) is 5.79. The number of nitrogens with zero attached hydrogens (tertiary/aromatic N) is 5. The molecule has 2 fully saturated rings. The fraction of sp³-hybridized carbons (Fsp3) is 0.500. The number of aryl methyl sites for hydroxylation is 1. The Balaban J connectivity index is 1.45. The molecule has 0 saturated carbocycles. The molecule has 28 heavy (non-hydrogen) atoms. The van der Waals surface area contributed by atoms with Crippen molar-refractivity contribution in [3.8, 4) is 5.69 Å². The lowest BCUT2D eigenvalue weighted by atomic mass is 9.94. The van der Waals surface area contributed by atoms with Crippen molar-refractivity contribution < 1.29 is 9.59 Å². The number of amides is 2. The minimum Gasteiger partial charge on any atom is -0.368 e. The normalized spacial score (nSPS) is 20.5. The third kappa shape index (κ3) is 3.46. The number of aromatic nitrogens is 3. The van der Waals surface area contributed by atoms with E-state index >= 15 is 0 Å². The zero-order chi connectivity index (χ0) is 19.7. The maximum atomic E-state index is 12.9. The highest BCUT2D eigenvalue weighted by Crippen LogP contribution is 2.30. The lowest BCUT2D eigenvalue weighted by molar-refractivity contribution is -0.141. The highest BCUT2D eigenvalue weighted by Gasteiger charge is 2.37. The average Bonchev–Trinajstić information content (AvgIpc) is 3.37. The van der Waals surface area contributed by atoms with Crippen LogP contribution in [-0.2, 0) is 9.59 Å². The second-order valence-corrected chi connectivity index (χ2v) is 7.68. The predicted molar refractivity (Wildman–Crippen MR) is 105 cm³/mol. The first-order valence-electron chi connectivity index (χ1n) is 9.85. The van der Waals surface area contributed by atoms with Gasteiger partial charge in [0.25, 0.3) is 0 Å². The van der Waals surface area contributed by atoms with Gasteiger partial charge in [-0.15, -0.1) is 0 Å². The zero-order valence-corrected chi connectivity index (χ0v) is 16.1. The third-order valence-electron chi connectivity index (χ3n) is 5.79. The quantitative estimate of drug-likeness (QED) is 0.859. The van der Waals surface area contributed by atoms with Crippen LogP contribution in [0.15, 0.2) is 30.9 Å². The molecule has 0 aliphatic carbocycles. The van der Waals surface area contributed by atoms with Crippen molar-refractivity contribution in [2.45, 2.75) is 38.6 Å². The van der Waals surface area contributed by atoms with E-state index in [9.17, 15) is 9.59 Å². The number of pyridine rings is 1. The average molecular weight is 382 g/mol. The minimum absolute atomic E-state index is 0.0525. The monoisotopic (exact) mass is 382 g/mol. The summed E-state index contributed by atoms with van der Waals surface area (Å²) in [6.45, 7) is 4.19. The zero-order valence-electron chi connectivity index (χ0n) is 16.1. The van der Waals surface area contributed by atoms with Gasteiger partial charge in [0.1, 0.15) is 6.04 Å². The lowest BCUT2D eigenvalue weighted by Gasteiger charge is -2.36. The van der Waals surface area contributed by atoms with Gasteiger partial charge in [-0.1, -0.05) is 0 Å².